The van der Waals surface area contributed by atoms with E-state index >= 15 is 0 Å². The van der Waals surface area contributed by atoms with Gasteiger partial charge in [-0.1, -0.05) is 12.1 Å². The van der Waals surface area contributed by atoms with Crippen molar-refractivity contribution in [3.63, 3.8) is 0 Å². The van der Waals surface area contributed by atoms with Crippen LogP contribution in [0.4, 0.5) is 0 Å². The molecule has 0 aromatic heterocycles. The maximum atomic E-state index is 11.7. The molecule has 26 heavy (non-hydrogen) atoms. The van der Waals surface area contributed by atoms with Gasteiger partial charge in [0, 0.05) is 0 Å². The molecular weight excluding hydrogens is 340 g/mol. The lowest BCUT2D eigenvalue weighted by Gasteiger charge is -2.22. The van der Waals surface area contributed by atoms with Crippen LogP contribution in [0.2, 0.25) is 0 Å². The Morgan fingerprint density at radius 1 is 0.885 bits per heavy atom. The van der Waals surface area contributed by atoms with Gasteiger partial charge in [0.05, 0.1) is 21.3 Å². The van der Waals surface area contributed by atoms with Gasteiger partial charge in [0.2, 0.25) is 6.10 Å². The molecule has 0 radical (unpaired) electrons. The van der Waals surface area contributed by atoms with E-state index in [-0.39, 0.29) is 5.75 Å². The lowest BCUT2D eigenvalue weighted by molar-refractivity contribution is -0.150. The molecule has 2 rings (SSSR count). The van der Waals surface area contributed by atoms with Gasteiger partial charge in [-0.25, -0.2) is 4.79 Å². The molecule has 2 N–H and O–H groups in total. The number of aliphatic hydroxyl groups is 1. The second-order valence-electron chi connectivity index (χ2n) is 5.59. The smallest absolute Gasteiger partial charge is 0.348 e. The first-order valence-corrected chi connectivity index (χ1v) is 7.85. The summed E-state index contributed by atoms with van der Waals surface area (Å²) < 4.78 is 21.1. The van der Waals surface area contributed by atoms with Crippen LogP contribution in [-0.4, -0.2) is 43.6 Å². The number of aliphatic carboxylic acids is 1. The zero-order valence-corrected chi connectivity index (χ0v) is 15.1. The van der Waals surface area contributed by atoms with Crippen LogP contribution in [0.15, 0.2) is 36.4 Å². The fraction of sp³-hybridized carbons (Fsp3) is 0.316. The number of ether oxygens (including phenoxy) is 4. The summed E-state index contributed by atoms with van der Waals surface area (Å²) in [5.74, 6) is 0.147. The molecule has 2 unspecified atom stereocenters. The molecule has 0 fully saturated rings. The summed E-state index contributed by atoms with van der Waals surface area (Å²) in [5.41, 5.74) is 1.25. The van der Waals surface area contributed by atoms with Gasteiger partial charge in [0.25, 0.3) is 0 Å². The molecule has 0 aliphatic rings. The molecule has 0 aliphatic heterocycles. The van der Waals surface area contributed by atoms with Crippen LogP contribution in [0, 0.1) is 6.92 Å². The van der Waals surface area contributed by atoms with Gasteiger partial charge in [-0.15, -0.1) is 0 Å². The van der Waals surface area contributed by atoms with Crippen molar-refractivity contribution in [3.8, 4) is 23.0 Å². The zero-order chi connectivity index (χ0) is 19.3. The van der Waals surface area contributed by atoms with Crippen LogP contribution in [0.5, 0.6) is 23.0 Å². The van der Waals surface area contributed by atoms with E-state index in [0.29, 0.717) is 22.8 Å². The Hall–Kier alpha value is -2.93. The molecule has 0 saturated heterocycles. The van der Waals surface area contributed by atoms with E-state index < -0.39 is 18.2 Å². The Morgan fingerprint density at radius 3 is 2.04 bits per heavy atom. The molecule has 0 saturated carbocycles. The third-order valence-electron chi connectivity index (χ3n) is 3.85. The van der Waals surface area contributed by atoms with Crippen LogP contribution in [-0.2, 0) is 4.79 Å². The maximum absolute atomic E-state index is 11.7. The van der Waals surface area contributed by atoms with Crippen molar-refractivity contribution in [1.29, 1.82) is 0 Å². The van der Waals surface area contributed by atoms with Crippen LogP contribution in [0.25, 0.3) is 0 Å². The van der Waals surface area contributed by atoms with Crippen molar-refractivity contribution < 1.29 is 34.0 Å². The number of benzene rings is 2. The van der Waals surface area contributed by atoms with Gasteiger partial charge in [0.1, 0.15) is 6.10 Å². The summed E-state index contributed by atoms with van der Waals surface area (Å²) in [6.45, 7) is 1.87. The Bertz CT molecular complexity index is 772. The predicted molar refractivity (Wildman–Crippen MR) is 94.3 cm³/mol. The lowest BCUT2D eigenvalue weighted by atomic mass is 10.0. The highest BCUT2D eigenvalue weighted by Gasteiger charge is 2.31. The Balaban J connectivity index is 2.34. The highest BCUT2D eigenvalue weighted by Crippen LogP contribution is 2.34. The maximum Gasteiger partial charge on any atom is 0.348 e. The van der Waals surface area contributed by atoms with Crippen LogP contribution in [0.1, 0.15) is 17.2 Å². The first-order valence-electron chi connectivity index (χ1n) is 7.85. The molecule has 0 aliphatic carbocycles. The number of carboxylic acids is 1. The normalized spacial score (nSPS) is 12.8. The number of aryl methyl sites for hydroxylation is 1. The highest BCUT2D eigenvalue weighted by atomic mass is 16.5. The molecule has 2 atom stereocenters. The van der Waals surface area contributed by atoms with Gasteiger partial charge in [-0.05, 0) is 42.3 Å². The van der Waals surface area contributed by atoms with Gasteiger partial charge in [-0.3, -0.25) is 0 Å². The first-order chi connectivity index (χ1) is 12.4. The largest absolute Gasteiger partial charge is 0.493 e. The molecule has 2 aromatic rings. The van der Waals surface area contributed by atoms with Crippen LogP contribution in [0.3, 0.4) is 0 Å². The average molecular weight is 362 g/mol. The third kappa shape index (κ3) is 4.18. The molecule has 7 nitrogen and oxygen atoms in total. The number of hydrogen-bond donors (Lipinski definition) is 2. The summed E-state index contributed by atoms with van der Waals surface area (Å²) in [4.78, 5) is 11.7. The van der Waals surface area contributed by atoms with Gasteiger partial charge in [0.15, 0.2) is 23.0 Å². The van der Waals surface area contributed by atoms with Crippen molar-refractivity contribution in [1.82, 2.24) is 0 Å². The molecule has 0 bridgehead atoms. The van der Waals surface area contributed by atoms with Crippen molar-refractivity contribution in [2.45, 2.75) is 19.1 Å². The van der Waals surface area contributed by atoms with Crippen molar-refractivity contribution in [3.05, 3.63) is 47.5 Å². The first kappa shape index (κ1) is 19.4. The summed E-state index contributed by atoms with van der Waals surface area (Å²) in [6, 6.07) is 9.73. The minimum Gasteiger partial charge on any atom is -0.493 e. The number of rotatable bonds is 8. The number of hydrogen-bond acceptors (Lipinski definition) is 6. The quantitative estimate of drug-likeness (QED) is 0.745. The minimum absolute atomic E-state index is 0.227. The van der Waals surface area contributed by atoms with Gasteiger partial charge >= 0.3 is 5.97 Å². The average Bonchev–Trinajstić information content (AvgIpc) is 2.65. The third-order valence-corrected chi connectivity index (χ3v) is 3.85. The number of carbonyl (C=O) groups is 1. The number of aliphatic hydroxyl groups excluding tert-OH is 1. The van der Waals surface area contributed by atoms with Crippen LogP contribution >= 0.6 is 0 Å². The Morgan fingerprint density at radius 2 is 1.46 bits per heavy atom. The Kier molecular flexibility index (Phi) is 6.30. The van der Waals surface area contributed by atoms with Crippen molar-refractivity contribution >= 4 is 5.97 Å². The minimum atomic E-state index is -1.54. The summed E-state index contributed by atoms with van der Waals surface area (Å²) in [5, 5.41) is 20.1. The molecule has 140 valence electrons. The summed E-state index contributed by atoms with van der Waals surface area (Å²) in [7, 11) is 4.40. The van der Waals surface area contributed by atoms with E-state index in [1.807, 2.05) is 6.92 Å². The lowest BCUT2D eigenvalue weighted by Crippen LogP contribution is -2.34. The standard InChI is InChI=1S/C19H22O7/c1-11-5-7-14(15(9-11)24-3)26-18(19(21)22)17(20)12-6-8-13(23-2)16(10-12)25-4/h5-10,17-18,20H,1-4H3,(H,21,22). The number of carboxylic acid groups (broad SMARTS) is 1. The molecule has 0 heterocycles. The van der Waals surface area contributed by atoms with Gasteiger partial charge in [-0.2, -0.15) is 0 Å². The predicted octanol–water partition coefficient (Wildman–Crippen LogP) is 2.59. The van der Waals surface area contributed by atoms with Gasteiger partial charge < -0.3 is 29.2 Å². The second-order valence-corrected chi connectivity index (χ2v) is 5.59. The molecule has 0 spiro atoms. The number of methoxy groups -OCH3 is 3. The topological polar surface area (TPSA) is 94.5 Å². The van der Waals surface area contributed by atoms with Crippen molar-refractivity contribution in [2.75, 3.05) is 21.3 Å². The SMILES string of the molecule is COc1ccc(C(O)C(Oc2ccc(C)cc2OC)C(=O)O)cc1OC. The fourth-order valence-electron chi connectivity index (χ4n) is 2.47. The molecular formula is C19H22O7. The van der Waals surface area contributed by atoms with Crippen LogP contribution < -0.4 is 18.9 Å². The second kappa shape index (κ2) is 8.44. The van der Waals surface area contributed by atoms with E-state index in [2.05, 4.69) is 0 Å². The molecule has 7 heteroatoms. The monoisotopic (exact) mass is 362 g/mol. The van der Waals surface area contributed by atoms with E-state index in [1.165, 1.54) is 27.4 Å². The molecule has 0 amide bonds. The summed E-state index contributed by atoms with van der Waals surface area (Å²) >= 11 is 0. The highest BCUT2D eigenvalue weighted by molar-refractivity contribution is 5.74. The van der Waals surface area contributed by atoms with Crippen molar-refractivity contribution in [2.24, 2.45) is 0 Å². The van der Waals surface area contributed by atoms with E-state index in [0.717, 1.165) is 5.56 Å². The zero-order valence-electron chi connectivity index (χ0n) is 15.1. The Labute approximate surface area is 151 Å². The van der Waals surface area contributed by atoms with E-state index in [9.17, 15) is 15.0 Å². The van der Waals surface area contributed by atoms with E-state index in [4.69, 9.17) is 18.9 Å². The summed E-state index contributed by atoms with van der Waals surface area (Å²) in [6.07, 6.45) is -2.97. The van der Waals surface area contributed by atoms with E-state index in [1.54, 1.807) is 30.3 Å². The fourth-order valence-corrected chi connectivity index (χ4v) is 2.47. The molecule has 2 aromatic carbocycles.